The number of hydrogen-bond acceptors (Lipinski definition) is 8. The molecule has 0 radical (unpaired) electrons. The normalized spacial score (nSPS) is 14.0. The van der Waals surface area contributed by atoms with Gasteiger partial charge in [0.25, 0.3) is 5.91 Å². The first-order valence-corrected chi connectivity index (χ1v) is 12.5. The molecule has 0 aliphatic carbocycles. The predicted octanol–water partition coefficient (Wildman–Crippen LogP) is 3.76. The number of carbonyl (C=O) groups is 1. The Morgan fingerprint density at radius 2 is 1.88 bits per heavy atom. The summed E-state index contributed by atoms with van der Waals surface area (Å²) in [6, 6.07) is 5.11. The molecule has 1 aliphatic rings. The van der Waals surface area contributed by atoms with Gasteiger partial charge in [-0.1, -0.05) is 25.6 Å². The molecule has 3 heterocycles. The van der Waals surface area contributed by atoms with Crippen molar-refractivity contribution in [3.63, 3.8) is 0 Å². The zero-order valence-electron chi connectivity index (χ0n) is 20.2. The molecule has 9 nitrogen and oxygen atoms in total. The molecular weight excluding hydrogens is 452 g/mol. The van der Waals surface area contributed by atoms with Crippen LogP contribution in [-0.2, 0) is 6.54 Å². The van der Waals surface area contributed by atoms with Gasteiger partial charge in [0.1, 0.15) is 5.82 Å². The van der Waals surface area contributed by atoms with Crippen molar-refractivity contribution in [1.29, 1.82) is 0 Å². The maximum atomic E-state index is 12.7. The van der Waals surface area contributed by atoms with Crippen LogP contribution in [0.25, 0.3) is 11.0 Å². The molecule has 182 valence electrons. The van der Waals surface area contributed by atoms with Gasteiger partial charge in [0.15, 0.2) is 22.3 Å². The third kappa shape index (κ3) is 5.38. The SMILES string of the molecule is COc1ccc(C(=O)NCCn2ncc3c(N4CCCCC4)nc(SC(C)C)nc32)cc1OC. The van der Waals surface area contributed by atoms with E-state index < -0.39 is 0 Å². The fourth-order valence-corrected chi connectivity index (χ4v) is 4.75. The quantitative estimate of drug-likeness (QED) is 0.362. The highest BCUT2D eigenvalue weighted by Crippen LogP contribution is 2.30. The first-order chi connectivity index (χ1) is 16.5. The molecule has 3 aromatic rings. The van der Waals surface area contributed by atoms with E-state index in [1.807, 2.05) is 10.9 Å². The largest absolute Gasteiger partial charge is 0.493 e. The number of hydrogen-bond donors (Lipinski definition) is 1. The minimum Gasteiger partial charge on any atom is -0.493 e. The van der Waals surface area contributed by atoms with Crippen LogP contribution in [0.1, 0.15) is 43.5 Å². The van der Waals surface area contributed by atoms with E-state index in [0.29, 0.717) is 35.4 Å². The standard InChI is InChI=1S/C24H32N6O3S/c1-16(2)34-24-27-21(29-11-6-5-7-12-29)18-15-26-30(22(18)28-24)13-10-25-23(31)17-8-9-19(32-3)20(14-17)33-4/h8-9,14-16H,5-7,10-13H2,1-4H3,(H,25,31). The fraction of sp³-hybridized carbons (Fsp3) is 0.500. The van der Waals surface area contributed by atoms with Crippen LogP contribution in [0.2, 0.25) is 0 Å². The predicted molar refractivity (Wildman–Crippen MR) is 134 cm³/mol. The number of ether oxygens (including phenoxy) is 2. The van der Waals surface area contributed by atoms with Crippen LogP contribution in [0.4, 0.5) is 5.82 Å². The lowest BCUT2D eigenvalue weighted by atomic mass is 10.1. The molecule has 10 heteroatoms. The molecular formula is C24H32N6O3S. The topological polar surface area (TPSA) is 94.4 Å². The number of nitrogens with zero attached hydrogens (tertiary/aromatic N) is 5. The van der Waals surface area contributed by atoms with Gasteiger partial charge in [-0.15, -0.1) is 0 Å². The van der Waals surface area contributed by atoms with Crippen molar-refractivity contribution in [3.05, 3.63) is 30.0 Å². The van der Waals surface area contributed by atoms with Crippen molar-refractivity contribution in [2.24, 2.45) is 0 Å². The summed E-state index contributed by atoms with van der Waals surface area (Å²) in [7, 11) is 3.12. The summed E-state index contributed by atoms with van der Waals surface area (Å²) in [6.07, 6.45) is 5.46. The third-order valence-electron chi connectivity index (χ3n) is 5.71. The number of anilines is 1. The lowest BCUT2D eigenvalue weighted by Gasteiger charge is -2.28. The van der Waals surface area contributed by atoms with E-state index in [1.165, 1.54) is 19.3 Å². The summed E-state index contributed by atoms with van der Waals surface area (Å²) in [5.74, 6) is 1.89. The van der Waals surface area contributed by atoms with E-state index >= 15 is 0 Å². The van der Waals surface area contributed by atoms with Crippen molar-refractivity contribution in [1.82, 2.24) is 25.1 Å². The Hall–Kier alpha value is -3.01. The van der Waals surface area contributed by atoms with Crippen molar-refractivity contribution >= 4 is 34.5 Å². The van der Waals surface area contributed by atoms with E-state index in [1.54, 1.807) is 44.2 Å². The van der Waals surface area contributed by atoms with Gasteiger partial charge in [-0.3, -0.25) is 4.79 Å². The summed E-state index contributed by atoms with van der Waals surface area (Å²) in [5, 5.41) is 9.64. The van der Waals surface area contributed by atoms with Crippen LogP contribution in [0, 0.1) is 0 Å². The Balaban J connectivity index is 1.51. The number of aromatic nitrogens is 4. The van der Waals surface area contributed by atoms with Crippen LogP contribution >= 0.6 is 11.8 Å². The maximum Gasteiger partial charge on any atom is 0.251 e. The Labute approximate surface area is 204 Å². The summed E-state index contributed by atoms with van der Waals surface area (Å²) < 4.78 is 12.4. The molecule has 1 fully saturated rings. The second-order valence-electron chi connectivity index (χ2n) is 8.47. The Morgan fingerprint density at radius 3 is 2.59 bits per heavy atom. The average molecular weight is 485 g/mol. The maximum absolute atomic E-state index is 12.7. The van der Waals surface area contributed by atoms with Gasteiger partial charge < -0.3 is 19.7 Å². The second-order valence-corrected chi connectivity index (χ2v) is 10.0. The minimum atomic E-state index is -0.183. The molecule has 0 bridgehead atoms. The smallest absolute Gasteiger partial charge is 0.251 e. The van der Waals surface area contributed by atoms with E-state index in [4.69, 9.17) is 19.4 Å². The van der Waals surface area contributed by atoms with Gasteiger partial charge in [-0.2, -0.15) is 5.10 Å². The highest BCUT2D eigenvalue weighted by molar-refractivity contribution is 7.99. The first-order valence-electron chi connectivity index (χ1n) is 11.7. The molecule has 0 saturated carbocycles. The van der Waals surface area contributed by atoms with Crippen molar-refractivity contribution < 1.29 is 14.3 Å². The molecule has 4 rings (SSSR count). The molecule has 2 aromatic heterocycles. The van der Waals surface area contributed by atoms with Crippen molar-refractivity contribution in [2.75, 3.05) is 38.8 Å². The lowest BCUT2D eigenvalue weighted by Crippen LogP contribution is -2.30. The zero-order valence-corrected chi connectivity index (χ0v) is 21.0. The highest BCUT2D eigenvalue weighted by atomic mass is 32.2. The number of nitrogens with one attached hydrogen (secondary N) is 1. The van der Waals surface area contributed by atoms with E-state index in [-0.39, 0.29) is 5.91 Å². The van der Waals surface area contributed by atoms with Gasteiger partial charge in [-0.05, 0) is 37.5 Å². The molecule has 0 unspecified atom stereocenters. The van der Waals surface area contributed by atoms with E-state index in [0.717, 1.165) is 35.1 Å². The van der Waals surface area contributed by atoms with Gasteiger partial charge in [0, 0.05) is 30.4 Å². The number of carbonyl (C=O) groups excluding carboxylic acids is 1. The third-order valence-corrected chi connectivity index (χ3v) is 6.57. The number of thioether (sulfide) groups is 1. The fourth-order valence-electron chi connectivity index (χ4n) is 4.05. The first kappa shape index (κ1) is 24.1. The van der Waals surface area contributed by atoms with Crippen LogP contribution in [0.5, 0.6) is 11.5 Å². The van der Waals surface area contributed by atoms with Crippen molar-refractivity contribution in [2.45, 2.75) is 50.1 Å². The van der Waals surface area contributed by atoms with E-state index in [9.17, 15) is 4.79 Å². The molecule has 1 saturated heterocycles. The number of fused-ring (bicyclic) bond motifs is 1. The second kappa shape index (κ2) is 10.9. The van der Waals surface area contributed by atoms with Crippen LogP contribution < -0.4 is 19.7 Å². The Bertz CT molecular complexity index is 1140. The Morgan fingerprint density at radius 1 is 1.12 bits per heavy atom. The number of benzene rings is 1. The van der Waals surface area contributed by atoms with Crippen molar-refractivity contribution in [3.8, 4) is 11.5 Å². The van der Waals surface area contributed by atoms with Gasteiger partial charge in [0.05, 0.1) is 32.3 Å². The molecule has 1 aromatic carbocycles. The summed E-state index contributed by atoms with van der Waals surface area (Å²) in [5.41, 5.74) is 1.31. The van der Waals surface area contributed by atoms with E-state index in [2.05, 4.69) is 29.2 Å². The molecule has 34 heavy (non-hydrogen) atoms. The van der Waals surface area contributed by atoms with Crippen LogP contribution in [0.15, 0.2) is 29.6 Å². The summed E-state index contributed by atoms with van der Waals surface area (Å²) >= 11 is 1.65. The number of rotatable bonds is 9. The number of amides is 1. The molecule has 1 amide bonds. The zero-order chi connectivity index (χ0) is 24.1. The van der Waals surface area contributed by atoms with Crippen LogP contribution in [0.3, 0.4) is 0 Å². The van der Waals surface area contributed by atoms with Gasteiger partial charge in [-0.25, -0.2) is 14.6 Å². The average Bonchev–Trinajstić information content (AvgIpc) is 3.25. The highest BCUT2D eigenvalue weighted by Gasteiger charge is 2.20. The number of piperidine rings is 1. The monoisotopic (exact) mass is 484 g/mol. The molecule has 1 N–H and O–H groups in total. The van der Waals surface area contributed by atoms with Crippen LogP contribution in [-0.4, -0.2) is 64.8 Å². The Kier molecular flexibility index (Phi) is 7.77. The lowest BCUT2D eigenvalue weighted by molar-refractivity contribution is 0.0951. The number of methoxy groups -OCH3 is 2. The minimum absolute atomic E-state index is 0.183. The summed E-state index contributed by atoms with van der Waals surface area (Å²) in [4.78, 5) is 24.7. The molecule has 0 atom stereocenters. The summed E-state index contributed by atoms with van der Waals surface area (Å²) in [6.45, 7) is 7.21. The van der Waals surface area contributed by atoms with Gasteiger partial charge >= 0.3 is 0 Å². The molecule has 1 aliphatic heterocycles. The molecule has 0 spiro atoms. The van der Waals surface area contributed by atoms with Gasteiger partial charge in [0.2, 0.25) is 0 Å².